The van der Waals surface area contributed by atoms with E-state index in [2.05, 4.69) is 41.5 Å². The van der Waals surface area contributed by atoms with Crippen molar-refractivity contribution < 1.29 is 22.7 Å². The first-order valence-electron chi connectivity index (χ1n) is 17.0. The molecule has 2 fully saturated rings. The second-order valence-electron chi connectivity index (χ2n) is 12.9. The molecule has 0 saturated heterocycles. The summed E-state index contributed by atoms with van der Waals surface area (Å²) in [5.41, 5.74) is 0.927. The molecule has 2 aliphatic carbocycles. The van der Waals surface area contributed by atoms with Crippen LogP contribution in [0.25, 0.3) is 0 Å². The summed E-state index contributed by atoms with van der Waals surface area (Å²) in [4.78, 5) is 49.5. The van der Waals surface area contributed by atoms with E-state index in [1.807, 2.05) is 12.1 Å². The second-order valence-corrected chi connectivity index (χ2v) is 13.3. The number of alkyl halides is 3. The largest absolute Gasteiger partial charge is 0.454 e. The Morgan fingerprint density at radius 3 is 2.20 bits per heavy atom. The lowest BCUT2D eigenvalue weighted by atomic mass is 10.1. The van der Waals surface area contributed by atoms with Crippen LogP contribution in [-0.4, -0.2) is 52.8 Å². The standard InChI is InChI=1S/C35H38ClF3N8O4/c36-23-12-10-22(11-13-23)34(16-17-34)47-32-44-31(45-33(46-32)51-20-35(37,38)39)43-25-14-8-21(9-15-25)30(50)41-19-5-18-40-26-27(29(49)28(26)48)42-24-6-3-1-2-4-7-24/h8-15,24,40,42H,1-7,16-20H2,(H,41,50)(H2,43,44,45,46,47). The highest BCUT2D eigenvalue weighted by atomic mass is 35.5. The Kier molecular flexibility index (Phi) is 10.9. The highest BCUT2D eigenvalue weighted by Gasteiger charge is 2.45. The molecule has 0 atom stereocenters. The molecule has 51 heavy (non-hydrogen) atoms. The van der Waals surface area contributed by atoms with Crippen molar-refractivity contribution in [1.82, 2.24) is 20.3 Å². The molecule has 0 bridgehead atoms. The number of carbonyl (C=O) groups excluding carboxylic acids is 1. The molecule has 1 heterocycles. The molecule has 0 unspecified atom stereocenters. The van der Waals surface area contributed by atoms with Crippen molar-refractivity contribution in [2.45, 2.75) is 75.5 Å². The van der Waals surface area contributed by atoms with Gasteiger partial charge < -0.3 is 31.3 Å². The zero-order valence-electron chi connectivity index (χ0n) is 27.7. The molecule has 0 radical (unpaired) electrons. The Morgan fingerprint density at radius 2 is 1.53 bits per heavy atom. The topological polar surface area (TPSA) is 159 Å². The second kappa shape index (κ2) is 15.5. The summed E-state index contributed by atoms with van der Waals surface area (Å²) >= 11 is 6.03. The van der Waals surface area contributed by atoms with Gasteiger partial charge in [0.25, 0.3) is 16.8 Å². The third kappa shape index (κ3) is 9.45. The van der Waals surface area contributed by atoms with Gasteiger partial charge in [-0.25, -0.2) is 0 Å². The Bertz CT molecular complexity index is 1890. The first-order valence-corrected chi connectivity index (χ1v) is 17.3. The number of nitrogens with one attached hydrogen (secondary N) is 5. The molecule has 6 rings (SSSR count). The Morgan fingerprint density at radius 1 is 0.863 bits per heavy atom. The molecular formula is C35H38ClF3N8O4. The Hall–Kier alpha value is -4.92. The summed E-state index contributed by atoms with van der Waals surface area (Å²) in [6.45, 7) is -0.858. The predicted octanol–water partition coefficient (Wildman–Crippen LogP) is 6.27. The van der Waals surface area contributed by atoms with Gasteiger partial charge in [0.15, 0.2) is 6.61 Å². The summed E-state index contributed by atoms with van der Waals surface area (Å²) in [7, 11) is 0. The minimum atomic E-state index is -4.59. The molecule has 16 heteroatoms. The lowest BCUT2D eigenvalue weighted by molar-refractivity contribution is -0.154. The van der Waals surface area contributed by atoms with Gasteiger partial charge in [-0.15, -0.1) is 0 Å². The van der Waals surface area contributed by atoms with Gasteiger partial charge in [0.05, 0.1) is 5.54 Å². The lowest BCUT2D eigenvalue weighted by Gasteiger charge is -2.21. The van der Waals surface area contributed by atoms with Crippen LogP contribution in [0.4, 0.5) is 42.1 Å². The summed E-state index contributed by atoms with van der Waals surface area (Å²) in [6, 6.07) is 13.3. The van der Waals surface area contributed by atoms with Crippen molar-refractivity contribution in [1.29, 1.82) is 0 Å². The van der Waals surface area contributed by atoms with E-state index >= 15 is 0 Å². The number of amides is 1. The van der Waals surface area contributed by atoms with Crippen molar-refractivity contribution in [3.8, 4) is 6.01 Å². The fourth-order valence-corrected chi connectivity index (χ4v) is 6.16. The number of anilines is 5. The van der Waals surface area contributed by atoms with E-state index in [1.54, 1.807) is 36.4 Å². The van der Waals surface area contributed by atoms with Crippen LogP contribution in [0.5, 0.6) is 6.01 Å². The van der Waals surface area contributed by atoms with Gasteiger partial charge in [0.2, 0.25) is 11.9 Å². The average molecular weight is 727 g/mol. The van der Waals surface area contributed by atoms with Crippen LogP contribution in [0.3, 0.4) is 0 Å². The van der Waals surface area contributed by atoms with E-state index in [0.29, 0.717) is 47.2 Å². The number of benzene rings is 2. The smallest absolute Gasteiger partial charge is 0.422 e. The average Bonchev–Trinajstić information content (AvgIpc) is 3.93. The molecule has 1 aromatic heterocycles. The highest BCUT2D eigenvalue weighted by Crippen LogP contribution is 2.48. The zero-order chi connectivity index (χ0) is 36.0. The number of hydrogen-bond acceptors (Lipinski definition) is 11. The Balaban J connectivity index is 1.02. The number of halogens is 4. The SMILES string of the molecule is O=C(NCCCNc1c(NC2CCCCCC2)c(=O)c1=O)c1ccc(Nc2nc(NC3(c4ccc(Cl)cc4)CC3)nc(OCC(F)(F)F)n2)cc1. The van der Waals surface area contributed by atoms with Crippen molar-refractivity contribution in [2.24, 2.45) is 0 Å². The molecule has 0 spiro atoms. The molecule has 2 saturated carbocycles. The maximum Gasteiger partial charge on any atom is 0.422 e. The maximum absolute atomic E-state index is 12.9. The fraction of sp³-hybridized carbons (Fsp3) is 0.429. The van der Waals surface area contributed by atoms with Crippen molar-refractivity contribution >= 4 is 46.5 Å². The van der Waals surface area contributed by atoms with E-state index in [4.69, 9.17) is 16.3 Å². The van der Waals surface area contributed by atoms with Gasteiger partial charge in [-0.3, -0.25) is 14.4 Å². The van der Waals surface area contributed by atoms with Crippen LogP contribution in [0.1, 0.15) is 73.7 Å². The molecule has 5 N–H and O–H groups in total. The zero-order valence-corrected chi connectivity index (χ0v) is 28.4. The Labute approximate surface area is 296 Å². The van der Waals surface area contributed by atoms with E-state index in [-0.39, 0.29) is 23.8 Å². The molecular weight excluding hydrogens is 689 g/mol. The summed E-state index contributed by atoms with van der Waals surface area (Å²) in [5, 5.41) is 15.9. The fourth-order valence-electron chi connectivity index (χ4n) is 6.04. The number of hydrogen-bond donors (Lipinski definition) is 5. The number of rotatable bonds is 15. The number of aromatic nitrogens is 3. The van der Waals surface area contributed by atoms with Gasteiger partial charge >= 0.3 is 12.2 Å². The first kappa shape index (κ1) is 35.9. The molecule has 12 nitrogen and oxygen atoms in total. The monoisotopic (exact) mass is 726 g/mol. The van der Waals surface area contributed by atoms with E-state index in [0.717, 1.165) is 44.1 Å². The quantitative estimate of drug-likeness (QED) is 0.0534. The van der Waals surface area contributed by atoms with Gasteiger partial charge in [-0.2, -0.15) is 28.1 Å². The maximum atomic E-state index is 12.9. The third-order valence-corrected chi connectivity index (χ3v) is 9.19. The van der Waals surface area contributed by atoms with Crippen LogP contribution in [0.2, 0.25) is 5.02 Å². The minimum absolute atomic E-state index is 0.0271. The summed E-state index contributed by atoms with van der Waals surface area (Å²) in [5.74, 6) is -0.354. The van der Waals surface area contributed by atoms with E-state index < -0.39 is 35.2 Å². The van der Waals surface area contributed by atoms with Crippen molar-refractivity contribution in [3.63, 3.8) is 0 Å². The third-order valence-electron chi connectivity index (χ3n) is 8.94. The van der Waals surface area contributed by atoms with Gasteiger partial charge in [0.1, 0.15) is 11.4 Å². The first-order chi connectivity index (χ1) is 24.5. The number of carbonyl (C=O) groups is 1. The predicted molar refractivity (Wildman–Crippen MR) is 189 cm³/mol. The van der Waals surface area contributed by atoms with Crippen molar-refractivity contribution in [3.05, 3.63) is 85.1 Å². The molecule has 4 aromatic rings. The minimum Gasteiger partial charge on any atom is -0.454 e. The molecule has 2 aliphatic rings. The van der Waals surface area contributed by atoms with Crippen LogP contribution in [0, 0.1) is 0 Å². The molecule has 1 amide bonds. The van der Waals surface area contributed by atoms with Crippen LogP contribution < -0.4 is 42.2 Å². The number of nitrogens with zero attached hydrogens (tertiary/aromatic N) is 3. The van der Waals surface area contributed by atoms with E-state index in [9.17, 15) is 27.6 Å². The number of ether oxygens (including phenoxy) is 1. The highest BCUT2D eigenvalue weighted by molar-refractivity contribution is 6.30. The molecule has 3 aromatic carbocycles. The lowest BCUT2D eigenvalue weighted by Crippen LogP contribution is -2.40. The van der Waals surface area contributed by atoms with Crippen LogP contribution >= 0.6 is 11.6 Å². The molecule has 270 valence electrons. The van der Waals surface area contributed by atoms with Crippen LogP contribution in [0.15, 0.2) is 58.1 Å². The summed E-state index contributed by atoms with van der Waals surface area (Å²) < 4.78 is 43.6. The molecule has 0 aliphatic heterocycles. The van der Waals surface area contributed by atoms with Crippen LogP contribution in [-0.2, 0) is 5.54 Å². The van der Waals surface area contributed by atoms with E-state index in [1.165, 1.54) is 12.8 Å². The van der Waals surface area contributed by atoms with Gasteiger partial charge in [0, 0.05) is 35.4 Å². The van der Waals surface area contributed by atoms with Gasteiger partial charge in [-0.1, -0.05) is 49.4 Å². The van der Waals surface area contributed by atoms with Crippen molar-refractivity contribution in [2.75, 3.05) is 41.0 Å². The van der Waals surface area contributed by atoms with Gasteiger partial charge in [-0.05, 0) is 74.1 Å². The summed E-state index contributed by atoms with van der Waals surface area (Å²) in [6.07, 6.45) is 3.94. The normalized spacial score (nSPS) is 15.8.